The number of nitrogens with one attached hydrogen (secondary N) is 2. The van der Waals surface area contributed by atoms with Crippen LogP contribution in [0, 0.1) is 0 Å². The fourth-order valence-corrected chi connectivity index (χ4v) is 2.30. The third-order valence-corrected chi connectivity index (χ3v) is 3.53. The van der Waals surface area contributed by atoms with Crippen LogP contribution in [0.4, 0.5) is 0 Å². The standard InChI is InChI=1S/C17H17N3O3/c1-22-15-9-7-14(8-10-15)20-16(17(21)23-19-20)12-18-11-13-5-3-2-4-6-13/h2-10,18H,11-12H2,1H3/p+1. The first-order valence-corrected chi connectivity index (χ1v) is 7.29. The number of benzene rings is 2. The Kier molecular flexibility index (Phi) is 4.54. The molecule has 0 aliphatic rings. The summed E-state index contributed by atoms with van der Waals surface area (Å²) in [5.74, 6) is 0.754. The molecule has 118 valence electrons. The lowest BCUT2D eigenvalue weighted by Crippen LogP contribution is -2.40. The molecule has 0 atom stereocenters. The number of hydrogen-bond acceptors (Lipinski definition) is 4. The molecule has 3 aromatic rings. The number of rotatable bonds is 6. The van der Waals surface area contributed by atoms with Gasteiger partial charge in [0.25, 0.3) is 0 Å². The summed E-state index contributed by atoms with van der Waals surface area (Å²) < 4.78 is 11.7. The zero-order valence-corrected chi connectivity index (χ0v) is 12.8. The molecule has 0 aliphatic carbocycles. The highest BCUT2D eigenvalue weighted by molar-refractivity contribution is 5.31. The second kappa shape index (κ2) is 6.93. The van der Waals surface area contributed by atoms with E-state index in [1.54, 1.807) is 11.8 Å². The number of aromatic nitrogens is 2. The molecule has 1 heterocycles. The molecular weight excluding hydrogens is 294 g/mol. The van der Waals surface area contributed by atoms with Gasteiger partial charge < -0.3 is 10.1 Å². The molecule has 2 aromatic carbocycles. The molecule has 2 N–H and O–H groups in total. The monoisotopic (exact) mass is 312 g/mol. The van der Waals surface area contributed by atoms with E-state index in [1.807, 2.05) is 54.6 Å². The van der Waals surface area contributed by atoms with Gasteiger partial charge in [-0.15, -0.1) is 0 Å². The minimum atomic E-state index is -0.388. The molecule has 23 heavy (non-hydrogen) atoms. The van der Waals surface area contributed by atoms with E-state index >= 15 is 0 Å². The van der Waals surface area contributed by atoms with Crippen molar-refractivity contribution in [3.63, 3.8) is 0 Å². The second-order valence-electron chi connectivity index (χ2n) is 5.05. The van der Waals surface area contributed by atoms with E-state index in [9.17, 15) is 4.79 Å². The predicted molar refractivity (Wildman–Crippen MR) is 84.4 cm³/mol. The number of hydrogen-bond donors (Lipinski definition) is 2. The van der Waals surface area contributed by atoms with Gasteiger partial charge in [0.1, 0.15) is 5.75 Å². The number of ether oxygens (including phenoxy) is 1. The van der Waals surface area contributed by atoms with Gasteiger partial charge in [0.05, 0.1) is 13.7 Å². The lowest BCUT2D eigenvalue weighted by atomic mass is 10.2. The van der Waals surface area contributed by atoms with Crippen molar-refractivity contribution < 1.29 is 13.9 Å². The van der Waals surface area contributed by atoms with Gasteiger partial charge in [-0.25, -0.2) is 4.79 Å². The summed E-state index contributed by atoms with van der Waals surface area (Å²) in [6.07, 6.45) is 0. The smallest absolute Gasteiger partial charge is 0.431 e. The molecule has 0 bridgehead atoms. The maximum atomic E-state index is 11.9. The Hall–Kier alpha value is -2.86. The maximum absolute atomic E-state index is 11.9. The molecule has 0 radical (unpaired) electrons. The molecule has 3 rings (SSSR count). The summed E-state index contributed by atoms with van der Waals surface area (Å²) in [6.45, 7) is 1.07. The average Bonchev–Trinajstić information content (AvgIpc) is 2.97. The SMILES string of the molecule is COc1ccc(-[n+]2[nH]oc(=O)c2CNCc2ccccc2)cc1. The Morgan fingerprint density at radius 1 is 1.09 bits per heavy atom. The molecule has 0 spiro atoms. The molecule has 0 saturated carbocycles. The molecule has 0 unspecified atom stereocenters. The number of aromatic amines is 1. The highest BCUT2D eigenvalue weighted by Crippen LogP contribution is 2.10. The van der Waals surface area contributed by atoms with Crippen LogP contribution in [-0.2, 0) is 13.1 Å². The minimum absolute atomic E-state index is 0.388. The minimum Gasteiger partial charge on any atom is -0.497 e. The average molecular weight is 312 g/mol. The van der Waals surface area contributed by atoms with Crippen LogP contribution in [-0.4, -0.2) is 12.4 Å². The van der Waals surface area contributed by atoms with Gasteiger partial charge in [0, 0.05) is 18.7 Å². The van der Waals surface area contributed by atoms with E-state index in [-0.39, 0.29) is 5.63 Å². The van der Waals surface area contributed by atoms with Crippen LogP contribution in [0.3, 0.4) is 0 Å². The summed E-state index contributed by atoms with van der Waals surface area (Å²) in [7, 11) is 1.61. The normalized spacial score (nSPS) is 10.7. The summed E-state index contributed by atoms with van der Waals surface area (Å²) in [5, 5.41) is 5.88. The fraction of sp³-hybridized carbons (Fsp3) is 0.176. The van der Waals surface area contributed by atoms with Crippen molar-refractivity contribution >= 4 is 0 Å². The fourth-order valence-electron chi connectivity index (χ4n) is 2.30. The Bertz CT molecular complexity index is 807. The first-order valence-electron chi connectivity index (χ1n) is 7.29. The molecule has 0 aliphatic heterocycles. The van der Waals surface area contributed by atoms with E-state index in [2.05, 4.69) is 10.6 Å². The van der Waals surface area contributed by atoms with Crippen molar-refractivity contribution in [1.29, 1.82) is 0 Å². The predicted octanol–water partition coefficient (Wildman–Crippen LogP) is 1.54. The number of nitrogens with zero attached hydrogens (tertiary/aromatic N) is 1. The van der Waals surface area contributed by atoms with Gasteiger partial charge in [-0.2, -0.15) is 0 Å². The first kappa shape index (κ1) is 15.1. The van der Waals surface area contributed by atoms with Gasteiger partial charge >= 0.3 is 11.3 Å². The van der Waals surface area contributed by atoms with Gasteiger partial charge in [-0.3, -0.25) is 4.52 Å². The van der Waals surface area contributed by atoms with E-state index in [0.717, 1.165) is 17.0 Å². The summed E-state index contributed by atoms with van der Waals surface area (Å²) >= 11 is 0. The first-order chi connectivity index (χ1) is 11.3. The van der Waals surface area contributed by atoms with Crippen LogP contribution in [0.5, 0.6) is 5.75 Å². The lowest BCUT2D eigenvalue weighted by Gasteiger charge is -2.01. The third-order valence-electron chi connectivity index (χ3n) is 3.53. The third kappa shape index (κ3) is 3.49. The van der Waals surface area contributed by atoms with Crippen LogP contribution in [0.15, 0.2) is 63.9 Å². The molecule has 0 amide bonds. The van der Waals surface area contributed by atoms with E-state index in [1.165, 1.54) is 0 Å². The molecule has 1 aromatic heterocycles. The van der Waals surface area contributed by atoms with E-state index in [4.69, 9.17) is 9.26 Å². The molecule has 6 heteroatoms. The van der Waals surface area contributed by atoms with Gasteiger partial charge in [0.2, 0.25) is 5.69 Å². The summed E-state index contributed by atoms with van der Waals surface area (Å²) in [4.78, 5) is 11.9. The van der Waals surface area contributed by atoms with Crippen molar-refractivity contribution in [3.05, 3.63) is 76.3 Å². The van der Waals surface area contributed by atoms with Crippen molar-refractivity contribution in [2.24, 2.45) is 0 Å². The van der Waals surface area contributed by atoms with Gasteiger partial charge in [-0.05, 0) is 27.6 Å². The summed E-state index contributed by atoms with van der Waals surface area (Å²) in [5.41, 5.74) is 2.07. The number of methoxy groups -OCH3 is 1. The van der Waals surface area contributed by atoms with Crippen LogP contribution in [0.25, 0.3) is 5.69 Å². The Labute approximate surface area is 133 Å². The zero-order chi connectivity index (χ0) is 16.1. The lowest BCUT2D eigenvalue weighted by molar-refractivity contribution is -0.677. The molecule has 0 saturated heterocycles. The quantitative estimate of drug-likeness (QED) is 0.677. The Morgan fingerprint density at radius 2 is 1.83 bits per heavy atom. The van der Waals surface area contributed by atoms with Gasteiger partial charge in [0.15, 0.2) is 0 Å². The van der Waals surface area contributed by atoms with Crippen LogP contribution in [0.1, 0.15) is 11.3 Å². The van der Waals surface area contributed by atoms with Crippen LogP contribution >= 0.6 is 0 Å². The second-order valence-corrected chi connectivity index (χ2v) is 5.05. The van der Waals surface area contributed by atoms with Crippen molar-refractivity contribution in [1.82, 2.24) is 10.6 Å². The van der Waals surface area contributed by atoms with Crippen LogP contribution in [0.2, 0.25) is 0 Å². The van der Waals surface area contributed by atoms with Crippen molar-refractivity contribution in [2.45, 2.75) is 13.1 Å². The van der Waals surface area contributed by atoms with Crippen LogP contribution < -0.4 is 20.4 Å². The van der Waals surface area contributed by atoms with E-state index in [0.29, 0.717) is 18.8 Å². The largest absolute Gasteiger partial charge is 0.497 e. The topological polar surface area (TPSA) is 71.1 Å². The maximum Gasteiger partial charge on any atom is 0.431 e. The van der Waals surface area contributed by atoms with Gasteiger partial charge in [-0.1, -0.05) is 30.3 Å². The highest BCUT2D eigenvalue weighted by Gasteiger charge is 2.22. The Morgan fingerprint density at radius 3 is 2.52 bits per heavy atom. The number of H-pyrrole nitrogens is 1. The molecular formula is C17H18N3O3+. The zero-order valence-electron chi connectivity index (χ0n) is 12.8. The van der Waals surface area contributed by atoms with Crippen molar-refractivity contribution in [3.8, 4) is 11.4 Å². The Balaban J connectivity index is 1.74. The summed E-state index contributed by atoms with van der Waals surface area (Å²) in [6, 6.07) is 17.4. The highest BCUT2D eigenvalue weighted by atomic mass is 16.5. The molecule has 0 fully saturated rings. The van der Waals surface area contributed by atoms with Crippen molar-refractivity contribution in [2.75, 3.05) is 7.11 Å². The van der Waals surface area contributed by atoms with E-state index < -0.39 is 0 Å². The molecule has 6 nitrogen and oxygen atoms in total.